The summed E-state index contributed by atoms with van der Waals surface area (Å²) in [5, 5.41) is 12.7. The number of halogens is 1. The minimum absolute atomic E-state index is 0.0131. The SMILES string of the molecule is COc1cc(C(=O)Nc2ccccc2O)cc(Cl)c1OCC(C)C. The molecule has 2 aromatic rings. The molecule has 128 valence electrons. The van der Waals surface area contributed by atoms with Gasteiger partial charge in [-0.05, 0) is 30.2 Å². The number of rotatable bonds is 6. The van der Waals surface area contributed by atoms with E-state index >= 15 is 0 Å². The molecule has 0 bridgehead atoms. The first-order valence-electron chi connectivity index (χ1n) is 7.52. The summed E-state index contributed by atoms with van der Waals surface area (Å²) in [6.45, 7) is 4.53. The third kappa shape index (κ3) is 4.32. The lowest BCUT2D eigenvalue weighted by molar-refractivity contribution is 0.102. The van der Waals surface area contributed by atoms with Crippen LogP contribution in [0, 0.1) is 5.92 Å². The van der Waals surface area contributed by atoms with Gasteiger partial charge in [-0.25, -0.2) is 0 Å². The van der Waals surface area contributed by atoms with E-state index in [-0.39, 0.29) is 10.8 Å². The minimum Gasteiger partial charge on any atom is -0.506 e. The molecule has 0 radical (unpaired) electrons. The standard InChI is InChI=1S/C18H20ClNO4/c1-11(2)10-24-17-13(19)8-12(9-16(17)23-3)18(22)20-14-6-4-5-7-15(14)21/h4-9,11,21H,10H2,1-3H3,(H,20,22). The van der Waals surface area contributed by atoms with E-state index in [1.165, 1.54) is 19.2 Å². The first kappa shape index (κ1) is 17.9. The Kier molecular flexibility index (Phi) is 5.93. The zero-order valence-corrected chi connectivity index (χ0v) is 14.6. The van der Waals surface area contributed by atoms with Crippen molar-refractivity contribution in [3.05, 3.63) is 47.0 Å². The first-order chi connectivity index (χ1) is 11.4. The fourth-order valence-corrected chi connectivity index (χ4v) is 2.28. The molecule has 2 rings (SSSR count). The van der Waals surface area contributed by atoms with E-state index < -0.39 is 5.91 Å². The summed E-state index contributed by atoms with van der Waals surface area (Å²) in [6.07, 6.45) is 0. The predicted octanol–water partition coefficient (Wildman–Crippen LogP) is 4.34. The summed E-state index contributed by atoms with van der Waals surface area (Å²) in [5.74, 6) is 0.695. The second kappa shape index (κ2) is 7.93. The highest BCUT2D eigenvalue weighted by Crippen LogP contribution is 2.37. The van der Waals surface area contributed by atoms with Crippen LogP contribution in [0.5, 0.6) is 17.2 Å². The van der Waals surface area contributed by atoms with Gasteiger partial charge >= 0.3 is 0 Å². The molecule has 0 aliphatic heterocycles. The highest BCUT2D eigenvalue weighted by molar-refractivity contribution is 6.32. The number of methoxy groups -OCH3 is 1. The second-order valence-electron chi connectivity index (χ2n) is 5.67. The molecule has 6 heteroatoms. The fourth-order valence-electron chi connectivity index (χ4n) is 2.01. The summed E-state index contributed by atoms with van der Waals surface area (Å²) in [5.41, 5.74) is 0.620. The summed E-state index contributed by atoms with van der Waals surface area (Å²) in [6, 6.07) is 9.54. The van der Waals surface area contributed by atoms with Crippen molar-refractivity contribution in [1.29, 1.82) is 0 Å². The van der Waals surface area contributed by atoms with Gasteiger partial charge in [0.25, 0.3) is 5.91 Å². The van der Waals surface area contributed by atoms with Crippen molar-refractivity contribution in [2.24, 2.45) is 5.92 Å². The number of hydrogen-bond donors (Lipinski definition) is 2. The Balaban J connectivity index is 2.26. The summed E-state index contributed by atoms with van der Waals surface area (Å²) in [4.78, 5) is 12.4. The van der Waals surface area contributed by atoms with Gasteiger partial charge in [-0.2, -0.15) is 0 Å². The maximum absolute atomic E-state index is 12.4. The quantitative estimate of drug-likeness (QED) is 0.761. The number of carbonyl (C=O) groups is 1. The van der Waals surface area contributed by atoms with Gasteiger partial charge < -0.3 is 19.9 Å². The molecule has 0 aromatic heterocycles. The number of para-hydroxylation sites is 2. The zero-order valence-electron chi connectivity index (χ0n) is 13.8. The van der Waals surface area contributed by atoms with Crippen LogP contribution in [0.25, 0.3) is 0 Å². The maximum Gasteiger partial charge on any atom is 0.255 e. The van der Waals surface area contributed by atoms with E-state index in [0.29, 0.717) is 35.3 Å². The molecule has 0 unspecified atom stereocenters. The monoisotopic (exact) mass is 349 g/mol. The van der Waals surface area contributed by atoms with Crippen molar-refractivity contribution in [2.75, 3.05) is 19.0 Å². The van der Waals surface area contributed by atoms with Gasteiger partial charge in [-0.15, -0.1) is 0 Å². The van der Waals surface area contributed by atoms with Crippen LogP contribution < -0.4 is 14.8 Å². The number of phenolic OH excluding ortho intramolecular Hbond substituents is 1. The van der Waals surface area contributed by atoms with E-state index in [9.17, 15) is 9.90 Å². The highest BCUT2D eigenvalue weighted by atomic mass is 35.5. The topological polar surface area (TPSA) is 67.8 Å². The van der Waals surface area contributed by atoms with E-state index in [4.69, 9.17) is 21.1 Å². The Labute approximate surface area is 146 Å². The van der Waals surface area contributed by atoms with Gasteiger partial charge in [-0.1, -0.05) is 37.6 Å². The van der Waals surface area contributed by atoms with Crippen LogP contribution in [0.1, 0.15) is 24.2 Å². The second-order valence-corrected chi connectivity index (χ2v) is 6.07. The molecule has 2 N–H and O–H groups in total. The van der Waals surface area contributed by atoms with Crippen molar-refractivity contribution >= 4 is 23.2 Å². The lowest BCUT2D eigenvalue weighted by Crippen LogP contribution is -2.13. The van der Waals surface area contributed by atoms with Crippen molar-refractivity contribution < 1.29 is 19.4 Å². The zero-order chi connectivity index (χ0) is 17.7. The van der Waals surface area contributed by atoms with Crippen LogP contribution in [0.4, 0.5) is 5.69 Å². The van der Waals surface area contributed by atoms with Crippen LogP contribution in [0.15, 0.2) is 36.4 Å². The molecule has 1 amide bonds. The number of phenols is 1. The van der Waals surface area contributed by atoms with E-state index in [0.717, 1.165) is 0 Å². The highest BCUT2D eigenvalue weighted by Gasteiger charge is 2.17. The Morgan fingerprint density at radius 3 is 2.62 bits per heavy atom. The van der Waals surface area contributed by atoms with Gasteiger partial charge in [0.1, 0.15) is 5.75 Å². The van der Waals surface area contributed by atoms with Crippen LogP contribution >= 0.6 is 11.6 Å². The normalized spacial score (nSPS) is 10.5. The van der Waals surface area contributed by atoms with Crippen LogP contribution in [-0.2, 0) is 0 Å². The molecule has 0 heterocycles. The third-order valence-electron chi connectivity index (χ3n) is 3.20. The largest absolute Gasteiger partial charge is 0.506 e. The molecule has 0 spiro atoms. The third-order valence-corrected chi connectivity index (χ3v) is 3.49. The van der Waals surface area contributed by atoms with Crippen molar-refractivity contribution in [3.63, 3.8) is 0 Å². The molecule has 0 aliphatic carbocycles. The van der Waals surface area contributed by atoms with Crippen molar-refractivity contribution in [1.82, 2.24) is 0 Å². The Morgan fingerprint density at radius 1 is 1.29 bits per heavy atom. The van der Waals surface area contributed by atoms with Gasteiger partial charge in [0.05, 0.1) is 24.4 Å². The number of aromatic hydroxyl groups is 1. The predicted molar refractivity (Wildman–Crippen MR) is 94.4 cm³/mol. The average molecular weight is 350 g/mol. The fraction of sp³-hybridized carbons (Fsp3) is 0.278. The lowest BCUT2D eigenvalue weighted by Gasteiger charge is -2.15. The molecule has 5 nitrogen and oxygen atoms in total. The number of carbonyl (C=O) groups excluding carboxylic acids is 1. The van der Waals surface area contributed by atoms with E-state index in [1.54, 1.807) is 24.3 Å². The van der Waals surface area contributed by atoms with Gasteiger partial charge in [0.2, 0.25) is 0 Å². The van der Waals surface area contributed by atoms with Crippen molar-refractivity contribution in [3.8, 4) is 17.2 Å². The molecule has 0 saturated heterocycles. The number of anilines is 1. The number of hydrogen-bond acceptors (Lipinski definition) is 4. The first-order valence-corrected chi connectivity index (χ1v) is 7.89. The van der Waals surface area contributed by atoms with Crippen molar-refractivity contribution in [2.45, 2.75) is 13.8 Å². The maximum atomic E-state index is 12.4. The average Bonchev–Trinajstić information content (AvgIpc) is 2.54. The van der Waals surface area contributed by atoms with Gasteiger partial charge in [0.15, 0.2) is 11.5 Å². The Hall–Kier alpha value is -2.40. The number of benzene rings is 2. The Morgan fingerprint density at radius 2 is 2.00 bits per heavy atom. The summed E-state index contributed by atoms with van der Waals surface area (Å²) >= 11 is 6.24. The smallest absolute Gasteiger partial charge is 0.255 e. The molecule has 0 aliphatic rings. The van der Waals surface area contributed by atoms with Gasteiger partial charge in [-0.3, -0.25) is 4.79 Å². The van der Waals surface area contributed by atoms with E-state index in [2.05, 4.69) is 5.32 Å². The lowest BCUT2D eigenvalue weighted by atomic mass is 10.1. The van der Waals surface area contributed by atoms with Crippen LogP contribution in [0.2, 0.25) is 5.02 Å². The van der Waals surface area contributed by atoms with Gasteiger partial charge in [0, 0.05) is 5.56 Å². The molecule has 0 saturated carbocycles. The number of amides is 1. The molecular formula is C18H20ClNO4. The molecule has 0 atom stereocenters. The number of nitrogens with one attached hydrogen (secondary N) is 1. The summed E-state index contributed by atoms with van der Waals surface area (Å²) < 4.78 is 10.9. The Bertz CT molecular complexity index is 731. The molecule has 0 fully saturated rings. The van der Waals surface area contributed by atoms with E-state index in [1.807, 2.05) is 13.8 Å². The molecular weight excluding hydrogens is 330 g/mol. The van der Waals surface area contributed by atoms with Crippen LogP contribution in [-0.4, -0.2) is 24.7 Å². The number of ether oxygens (including phenoxy) is 2. The van der Waals surface area contributed by atoms with Crippen LogP contribution in [0.3, 0.4) is 0 Å². The molecule has 24 heavy (non-hydrogen) atoms. The minimum atomic E-state index is -0.410. The molecule has 2 aromatic carbocycles. The summed E-state index contributed by atoms with van der Waals surface area (Å²) in [7, 11) is 1.48.